The van der Waals surface area contributed by atoms with Crippen LogP contribution in [0.1, 0.15) is 19.3 Å². The number of hydrogen-bond acceptors (Lipinski definition) is 3. The molecule has 0 spiro atoms. The van der Waals surface area contributed by atoms with E-state index in [2.05, 4.69) is 5.32 Å². The van der Waals surface area contributed by atoms with Crippen LogP contribution < -0.4 is 11.1 Å². The predicted molar refractivity (Wildman–Crippen MR) is 67.6 cm³/mol. The number of nitrogen functional groups attached to an aromatic ring is 1. The second-order valence-electron chi connectivity index (χ2n) is 4.44. The van der Waals surface area contributed by atoms with Gasteiger partial charge in [0, 0.05) is 18.0 Å². The standard InChI is InChI=1S/C13H18N2O2/c14-11-3-5-12(6-4-11)15-13(16)7-8-17-9-10-1-2-10/h3-6,10H,1-2,7-9,14H2,(H,15,16). The molecule has 0 atom stereocenters. The van der Waals surface area contributed by atoms with Gasteiger partial charge in [-0.15, -0.1) is 0 Å². The van der Waals surface area contributed by atoms with E-state index >= 15 is 0 Å². The highest BCUT2D eigenvalue weighted by atomic mass is 16.5. The molecule has 0 saturated heterocycles. The van der Waals surface area contributed by atoms with Crippen molar-refractivity contribution in [1.29, 1.82) is 0 Å². The Balaban J connectivity index is 1.63. The first-order valence-electron chi connectivity index (χ1n) is 5.97. The van der Waals surface area contributed by atoms with Crippen LogP contribution in [-0.4, -0.2) is 19.1 Å². The SMILES string of the molecule is Nc1ccc(NC(=O)CCOCC2CC2)cc1. The zero-order chi connectivity index (χ0) is 12.1. The Labute approximate surface area is 101 Å². The van der Waals surface area contributed by atoms with Gasteiger partial charge >= 0.3 is 0 Å². The van der Waals surface area contributed by atoms with Gasteiger partial charge in [-0.2, -0.15) is 0 Å². The van der Waals surface area contributed by atoms with Crippen molar-refractivity contribution in [1.82, 2.24) is 0 Å². The van der Waals surface area contributed by atoms with Crippen molar-refractivity contribution in [3.63, 3.8) is 0 Å². The number of carbonyl (C=O) groups is 1. The van der Waals surface area contributed by atoms with Gasteiger partial charge in [0.25, 0.3) is 0 Å². The van der Waals surface area contributed by atoms with Gasteiger partial charge in [-0.1, -0.05) is 0 Å². The molecule has 1 aromatic rings. The number of amides is 1. The lowest BCUT2D eigenvalue weighted by Gasteiger charge is -2.06. The van der Waals surface area contributed by atoms with Crippen molar-refractivity contribution in [2.45, 2.75) is 19.3 Å². The summed E-state index contributed by atoms with van der Waals surface area (Å²) in [6.45, 7) is 1.30. The molecule has 2 rings (SSSR count). The van der Waals surface area contributed by atoms with Crippen molar-refractivity contribution in [3.8, 4) is 0 Å². The predicted octanol–water partition coefficient (Wildman–Crippen LogP) is 2.02. The highest BCUT2D eigenvalue weighted by Crippen LogP contribution is 2.28. The normalized spacial score (nSPS) is 14.6. The molecule has 92 valence electrons. The third-order valence-electron chi connectivity index (χ3n) is 2.72. The van der Waals surface area contributed by atoms with Crippen LogP contribution in [-0.2, 0) is 9.53 Å². The van der Waals surface area contributed by atoms with E-state index in [9.17, 15) is 4.79 Å². The first-order valence-corrected chi connectivity index (χ1v) is 5.97. The van der Waals surface area contributed by atoms with Crippen LogP contribution in [0.2, 0.25) is 0 Å². The molecule has 0 heterocycles. The quantitative estimate of drug-likeness (QED) is 0.584. The average molecular weight is 234 g/mol. The minimum atomic E-state index is -0.0226. The van der Waals surface area contributed by atoms with Crippen molar-refractivity contribution >= 4 is 17.3 Å². The third-order valence-corrected chi connectivity index (χ3v) is 2.72. The zero-order valence-corrected chi connectivity index (χ0v) is 9.82. The van der Waals surface area contributed by atoms with Crippen LogP contribution in [0.15, 0.2) is 24.3 Å². The molecule has 1 aromatic carbocycles. The molecule has 4 heteroatoms. The molecule has 1 aliphatic rings. The van der Waals surface area contributed by atoms with Gasteiger partial charge in [-0.3, -0.25) is 4.79 Å². The summed E-state index contributed by atoms with van der Waals surface area (Å²) in [5, 5.41) is 2.80. The summed E-state index contributed by atoms with van der Waals surface area (Å²) in [6.07, 6.45) is 2.95. The molecule has 0 radical (unpaired) electrons. The number of nitrogens with one attached hydrogen (secondary N) is 1. The van der Waals surface area contributed by atoms with E-state index in [0.717, 1.165) is 18.2 Å². The van der Waals surface area contributed by atoms with Crippen molar-refractivity contribution < 1.29 is 9.53 Å². The molecule has 1 fully saturated rings. The van der Waals surface area contributed by atoms with Gasteiger partial charge < -0.3 is 15.8 Å². The number of nitrogens with two attached hydrogens (primary N) is 1. The van der Waals surface area contributed by atoms with Crippen LogP contribution in [0.5, 0.6) is 0 Å². The van der Waals surface area contributed by atoms with Crippen molar-refractivity contribution in [2.75, 3.05) is 24.3 Å². The van der Waals surface area contributed by atoms with Gasteiger partial charge in [0.15, 0.2) is 0 Å². The smallest absolute Gasteiger partial charge is 0.226 e. The Kier molecular flexibility index (Phi) is 3.98. The zero-order valence-electron chi connectivity index (χ0n) is 9.82. The summed E-state index contributed by atoms with van der Waals surface area (Å²) < 4.78 is 5.40. The van der Waals surface area contributed by atoms with Gasteiger partial charge in [-0.25, -0.2) is 0 Å². The van der Waals surface area contributed by atoms with Gasteiger partial charge in [-0.05, 0) is 43.0 Å². The lowest BCUT2D eigenvalue weighted by molar-refractivity contribution is -0.117. The maximum atomic E-state index is 11.5. The third kappa shape index (κ3) is 4.44. The second kappa shape index (κ2) is 5.68. The number of ether oxygens (including phenoxy) is 1. The molecule has 4 nitrogen and oxygen atoms in total. The number of hydrogen-bond donors (Lipinski definition) is 2. The molecule has 0 aliphatic heterocycles. The van der Waals surface area contributed by atoms with Crippen molar-refractivity contribution in [3.05, 3.63) is 24.3 Å². The Morgan fingerprint density at radius 1 is 1.35 bits per heavy atom. The van der Waals surface area contributed by atoms with Gasteiger partial charge in [0.1, 0.15) is 0 Å². The first-order chi connectivity index (χ1) is 8.24. The van der Waals surface area contributed by atoms with E-state index < -0.39 is 0 Å². The summed E-state index contributed by atoms with van der Waals surface area (Å²) in [4.78, 5) is 11.5. The topological polar surface area (TPSA) is 64.3 Å². The van der Waals surface area contributed by atoms with E-state index in [1.807, 2.05) is 0 Å². The Hall–Kier alpha value is -1.55. The van der Waals surface area contributed by atoms with E-state index in [0.29, 0.717) is 18.7 Å². The lowest BCUT2D eigenvalue weighted by atomic mass is 10.3. The van der Waals surface area contributed by atoms with Crippen molar-refractivity contribution in [2.24, 2.45) is 5.92 Å². The van der Waals surface area contributed by atoms with E-state index in [1.54, 1.807) is 24.3 Å². The fourth-order valence-corrected chi connectivity index (χ4v) is 1.49. The molecule has 0 bridgehead atoms. The highest BCUT2D eigenvalue weighted by Gasteiger charge is 2.21. The van der Waals surface area contributed by atoms with Gasteiger partial charge in [0.05, 0.1) is 13.0 Å². The highest BCUT2D eigenvalue weighted by molar-refractivity contribution is 5.90. The number of carbonyl (C=O) groups excluding carboxylic acids is 1. The molecule has 17 heavy (non-hydrogen) atoms. The molecule has 0 aromatic heterocycles. The maximum Gasteiger partial charge on any atom is 0.226 e. The van der Waals surface area contributed by atoms with Crippen LogP contribution in [0.25, 0.3) is 0 Å². The minimum absolute atomic E-state index is 0.0226. The monoisotopic (exact) mass is 234 g/mol. The first kappa shape index (κ1) is 11.9. The van der Waals surface area contributed by atoms with Crippen LogP contribution >= 0.6 is 0 Å². The lowest BCUT2D eigenvalue weighted by Crippen LogP contribution is -2.14. The molecule has 1 aliphatic carbocycles. The molecule has 0 unspecified atom stereocenters. The minimum Gasteiger partial charge on any atom is -0.399 e. The van der Waals surface area contributed by atoms with Crippen LogP contribution in [0.3, 0.4) is 0 Å². The summed E-state index contributed by atoms with van der Waals surface area (Å²) >= 11 is 0. The van der Waals surface area contributed by atoms with Gasteiger partial charge in [0.2, 0.25) is 5.91 Å². The largest absolute Gasteiger partial charge is 0.399 e. The summed E-state index contributed by atoms with van der Waals surface area (Å²) in [6, 6.07) is 7.11. The molecule has 1 amide bonds. The summed E-state index contributed by atoms with van der Waals surface area (Å²) in [7, 11) is 0. The molecular formula is C13H18N2O2. The van der Waals surface area contributed by atoms with E-state index in [4.69, 9.17) is 10.5 Å². The number of rotatable bonds is 6. The maximum absolute atomic E-state index is 11.5. The summed E-state index contributed by atoms with van der Waals surface area (Å²) in [5.41, 5.74) is 7.02. The second-order valence-corrected chi connectivity index (χ2v) is 4.44. The fourth-order valence-electron chi connectivity index (χ4n) is 1.49. The Bertz CT molecular complexity index is 372. The Morgan fingerprint density at radius 2 is 2.06 bits per heavy atom. The number of anilines is 2. The van der Waals surface area contributed by atoms with E-state index in [-0.39, 0.29) is 5.91 Å². The van der Waals surface area contributed by atoms with Crippen LogP contribution in [0, 0.1) is 5.92 Å². The van der Waals surface area contributed by atoms with E-state index in [1.165, 1.54) is 12.8 Å². The fraction of sp³-hybridized carbons (Fsp3) is 0.462. The molecular weight excluding hydrogens is 216 g/mol. The number of benzene rings is 1. The average Bonchev–Trinajstić information content (AvgIpc) is 3.12. The Morgan fingerprint density at radius 3 is 2.71 bits per heavy atom. The molecule has 3 N–H and O–H groups in total. The molecule has 1 saturated carbocycles. The summed E-state index contributed by atoms with van der Waals surface area (Å²) in [5.74, 6) is 0.723. The van der Waals surface area contributed by atoms with Crippen LogP contribution in [0.4, 0.5) is 11.4 Å².